The molecule has 0 aliphatic carbocycles. The van der Waals surface area contributed by atoms with Gasteiger partial charge in [-0.15, -0.1) is 0 Å². The fraction of sp³-hybridized carbons (Fsp3) is 0.115. The maximum absolute atomic E-state index is 13.1. The highest BCUT2D eigenvalue weighted by Crippen LogP contribution is 2.39. The molecule has 1 aliphatic heterocycles. The molecule has 36 heavy (non-hydrogen) atoms. The lowest BCUT2D eigenvalue weighted by molar-refractivity contribution is -0.137. The predicted molar refractivity (Wildman–Crippen MR) is 136 cm³/mol. The lowest BCUT2D eigenvalue weighted by Crippen LogP contribution is -2.27. The summed E-state index contributed by atoms with van der Waals surface area (Å²) >= 11 is 6.28. The molecule has 4 rings (SSSR count). The van der Waals surface area contributed by atoms with Crippen molar-refractivity contribution in [1.29, 1.82) is 5.26 Å². The molecular formula is C26H17F3N2O3S2. The third-order valence-corrected chi connectivity index (χ3v) is 6.53. The van der Waals surface area contributed by atoms with Gasteiger partial charge in [-0.1, -0.05) is 54.3 Å². The summed E-state index contributed by atoms with van der Waals surface area (Å²) in [5.74, 6) is 0.335. The van der Waals surface area contributed by atoms with Crippen LogP contribution >= 0.6 is 24.0 Å². The van der Waals surface area contributed by atoms with E-state index in [9.17, 15) is 23.2 Å². The first kappa shape index (κ1) is 25.3. The highest BCUT2D eigenvalue weighted by Gasteiger charge is 2.36. The molecule has 0 N–H and O–H groups in total. The average molecular weight is 527 g/mol. The van der Waals surface area contributed by atoms with Crippen LogP contribution in [0.25, 0.3) is 6.08 Å². The minimum Gasteiger partial charge on any atom is -0.493 e. The summed E-state index contributed by atoms with van der Waals surface area (Å²) in [5.41, 5.74) is 1.03. The molecule has 1 amide bonds. The van der Waals surface area contributed by atoms with E-state index in [1.54, 1.807) is 42.5 Å². The number of ether oxygens (including phenoxy) is 2. The van der Waals surface area contributed by atoms with Crippen LogP contribution in [0.15, 0.2) is 71.6 Å². The minimum absolute atomic E-state index is 0.0507. The molecule has 3 aromatic rings. The molecule has 0 radical (unpaired) electrons. The van der Waals surface area contributed by atoms with Crippen molar-refractivity contribution in [3.63, 3.8) is 0 Å². The third kappa shape index (κ3) is 5.37. The number of carbonyl (C=O) groups excluding carboxylic acids is 1. The van der Waals surface area contributed by atoms with E-state index in [0.29, 0.717) is 22.6 Å². The van der Waals surface area contributed by atoms with Gasteiger partial charge in [0.2, 0.25) is 0 Å². The Morgan fingerprint density at radius 1 is 1.08 bits per heavy atom. The molecule has 0 saturated carbocycles. The maximum atomic E-state index is 13.1. The topological polar surface area (TPSA) is 62.6 Å². The van der Waals surface area contributed by atoms with Gasteiger partial charge < -0.3 is 9.47 Å². The SMILES string of the molecule is COc1cc(/C=C2/SC(=S)N(c3cccc(C(F)(F)F)c3)C2=O)ccc1OCc1ccccc1C#N. The first-order chi connectivity index (χ1) is 17.2. The maximum Gasteiger partial charge on any atom is 0.416 e. The van der Waals surface area contributed by atoms with Crippen molar-refractivity contribution in [2.45, 2.75) is 12.8 Å². The first-order valence-corrected chi connectivity index (χ1v) is 11.7. The van der Waals surface area contributed by atoms with E-state index in [2.05, 4.69) is 6.07 Å². The Hall–Kier alpha value is -3.81. The second-order valence-electron chi connectivity index (χ2n) is 7.53. The van der Waals surface area contributed by atoms with Crippen molar-refractivity contribution >= 4 is 46.0 Å². The Balaban J connectivity index is 1.55. The van der Waals surface area contributed by atoms with Crippen molar-refractivity contribution in [1.82, 2.24) is 0 Å². The van der Waals surface area contributed by atoms with Gasteiger partial charge in [0.05, 0.1) is 34.9 Å². The van der Waals surface area contributed by atoms with Gasteiger partial charge in [0.1, 0.15) is 6.61 Å². The Morgan fingerprint density at radius 3 is 2.58 bits per heavy atom. The number of nitrogens with zero attached hydrogens (tertiary/aromatic N) is 2. The number of alkyl halides is 3. The Morgan fingerprint density at radius 2 is 1.86 bits per heavy atom. The lowest BCUT2D eigenvalue weighted by atomic mass is 10.1. The standard InChI is InChI=1S/C26H17F3N2O3S2/c1-33-22-11-16(9-10-21(22)34-15-18-6-3-2-5-17(18)14-30)12-23-24(32)31(25(35)36-23)20-8-4-7-19(13-20)26(27,28)29/h2-13H,15H2,1H3/b23-12+. The number of thiocarbonyl (C=S) groups is 1. The molecule has 0 atom stereocenters. The fourth-order valence-electron chi connectivity index (χ4n) is 3.47. The summed E-state index contributed by atoms with van der Waals surface area (Å²) < 4.78 is 50.8. The first-order valence-electron chi connectivity index (χ1n) is 10.5. The number of thioether (sulfide) groups is 1. The van der Waals surface area contributed by atoms with Crippen molar-refractivity contribution in [2.75, 3.05) is 12.0 Å². The molecule has 3 aromatic carbocycles. The van der Waals surface area contributed by atoms with Gasteiger partial charge in [-0.25, -0.2) is 0 Å². The van der Waals surface area contributed by atoms with E-state index in [-0.39, 0.29) is 21.5 Å². The molecule has 5 nitrogen and oxygen atoms in total. The Kier molecular flexibility index (Phi) is 7.33. The number of hydrogen-bond acceptors (Lipinski definition) is 6. The van der Waals surface area contributed by atoms with E-state index in [0.717, 1.165) is 34.4 Å². The number of benzene rings is 3. The Labute approximate surface area is 214 Å². The number of hydrogen-bond donors (Lipinski definition) is 0. The summed E-state index contributed by atoms with van der Waals surface area (Å²) in [4.78, 5) is 14.4. The van der Waals surface area contributed by atoms with Gasteiger partial charge in [-0.3, -0.25) is 9.69 Å². The van der Waals surface area contributed by atoms with Crippen molar-refractivity contribution in [3.05, 3.63) is 93.9 Å². The van der Waals surface area contributed by atoms with Crippen molar-refractivity contribution in [3.8, 4) is 17.6 Å². The molecular weight excluding hydrogens is 509 g/mol. The smallest absolute Gasteiger partial charge is 0.416 e. The van der Waals surface area contributed by atoms with Gasteiger partial charge in [-0.05, 0) is 48.0 Å². The van der Waals surface area contributed by atoms with Crippen LogP contribution in [0.5, 0.6) is 11.5 Å². The molecule has 1 saturated heterocycles. The molecule has 0 bridgehead atoms. The molecule has 10 heteroatoms. The van der Waals surface area contributed by atoms with E-state index < -0.39 is 17.6 Å². The molecule has 1 fully saturated rings. The monoisotopic (exact) mass is 526 g/mol. The predicted octanol–water partition coefficient (Wildman–Crippen LogP) is 6.57. The Bertz CT molecular complexity index is 1410. The van der Waals surface area contributed by atoms with Crippen LogP contribution in [-0.2, 0) is 17.6 Å². The minimum atomic E-state index is -4.54. The van der Waals surface area contributed by atoms with Gasteiger partial charge >= 0.3 is 6.18 Å². The van der Waals surface area contributed by atoms with Crippen LogP contribution in [0.3, 0.4) is 0 Å². The second kappa shape index (κ2) is 10.4. The second-order valence-corrected chi connectivity index (χ2v) is 9.21. The quantitative estimate of drug-likeness (QED) is 0.267. The van der Waals surface area contributed by atoms with Crippen LogP contribution in [-0.4, -0.2) is 17.3 Å². The zero-order chi connectivity index (χ0) is 25.9. The van der Waals surface area contributed by atoms with Crippen molar-refractivity contribution < 1.29 is 27.4 Å². The summed E-state index contributed by atoms with van der Waals surface area (Å²) in [6.07, 6.45) is -2.95. The average Bonchev–Trinajstić information content (AvgIpc) is 3.15. The normalized spacial score (nSPS) is 14.8. The largest absolute Gasteiger partial charge is 0.493 e. The molecule has 1 aliphatic rings. The van der Waals surface area contributed by atoms with Gasteiger partial charge in [0.15, 0.2) is 15.8 Å². The van der Waals surface area contributed by atoms with E-state index in [4.69, 9.17) is 21.7 Å². The number of methoxy groups -OCH3 is 1. The number of rotatable bonds is 6. The zero-order valence-corrected chi connectivity index (χ0v) is 20.3. The van der Waals surface area contributed by atoms with Crippen LogP contribution in [0.2, 0.25) is 0 Å². The van der Waals surface area contributed by atoms with Gasteiger partial charge in [0, 0.05) is 5.56 Å². The number of carbonyl (C=O) groups is 1. The number of halogens is 3. The number of anilines is 1. The highest BCUT2D eigenvalue weighted by molar-refractivity contribution is 8.27. The number of amides is 1. The van der Waals surface area contributed by atoms with Crippen molar-refractivity contribution in [2.24, 2.45) is 0 Å². The molecule has 0 unspecified atom stereocenters. The molecule has 1 heterocycles. The van der Waals surface area contributed by atoms with Crippen LogP contribution in [0, 0.1) is 11.3 Å². The van der Waals surface area contributed by atoms with E-state index in [1.165, 1.54) is 19.2 Å². The lowest BCUT2D eigenvalue weighted by Gasteiger charge is -2.16. The van der Waals surface area contributed by atoms with Gasteiger partial charge in [0.25, 0.3) is 5.91 Å². The molecule has 0 aromatic heterocycles. The van der Waals surface area contributed by atoms with Crippen LogP contribution < -0.4 is 14.4 Å². The summed E-state index contributed by atoms with van der Waals surface area (Å²) in [7, 11) is 1.47. The van der Waals surface area contributed by atoms with E-state index in [1.807, 2.05) is 6.07 Å². The number of nitriles is 1. The summed E-state index contributed by atoms with van der Waals surface area (Å²) in [6.45, 7) is 0.162. The zero-order valence-electron chi connectivity index (χ0n) is 18.7. The van der Waals surface area contributed by atoms with Crippen LogP contribution in [0.4, 0.5) is 18.9 Å². The molecule has 0 spiro atoms. The molecule has 182 valence electrons. The van der Waals surface area contributed by atoms with E-state index >= 15 is 0 Å². The summed E-state index contributed by atoms with van der Waals surface area (Å²) in [5, 5.41) is 9.24. The van der Waals surface area contributed by atoms with Gasteiger partial charge in [-0.2, -0.15) is 18.4 Å². The highest BCUT2D eigenvalue weighted by atomic mass is 32.2. The fourth-order valence-corrected chi connectivity index (χ4v) is 4.77. The summed E-state index contributed by atoms with van der Waals surface area (Å²) in [6, 6.07) is 18.7. The van der Waals surface area contributed by atoms with Crippen LogP contribution in [0.1, 0.15) is 22.3 Å². The third-order valence-electron chi connectivity index (χ3n) is 5.23.